The van der Waals surface area contributed by atoms with Gasteiger partial charge >= 0.3 is 0 Å². The van der Waals surface area contributed by atoms with Gasteiger partial charge in [0.25, 0.3) is 0 Å². The Bertz CT molecular complexity index is 1100. The Balaban J connectivity index is 2.06. The number of fused-ring (bicyclic) bond motifs is 1. The Morgan fingerprint density at radius 2 is 1.76 bits per heavy atom. The molecule has 6 heteroatoms. The lowest BCUT2D eigenvalue weighted by atomic mass is 10.00. The highest BCUT2D eigenvalue weighted by Gasteiger charge is 2.18. The maximum absolute atomic E-state index is 14.4. The normalized spacial score (nSPS) is 11.2. The molecule has 4 nitrogen and oxygen atoms in total. The molecule has 0 aliphatic rings. The third-order valence-corrected chi connectivity index (χ3v) is 4.22. The lowest BCUT2D eigenvalue weighted by Gasteiger charge is -2.14. The van der Waals surface area contributed by atoms with Crippen molar-refractivity contribution in [1.82, 2.24) is 19.5 Å². The second-order valence-electron chi connectivity index (χ2n) is 5.84. The van der Waals surface area contributed by atoms with Crippen molar-refractivity contribution in [3.63, 3.8) is 0 Å². The van der Waals surface area contributed by atoms with Crippen LogP contribution >= 0.6 is 0 Å². The molecule has 0 radical (unpaired) electrons. The molecule has 2 heterocycles. The van der Waals surface area contributed by atoms with Gasteiger partial charge in [-0.15, -0.1) is 0 Å². The molecule has 0 aliphatic carbocycles. The fourth-order valence-corrected chi connectivity index (χ4v) is 3.04. The average Bonchev–Trinajstić information content (AvgIpc) is 2.99. The lowest BCUT2D eigenvalue weighted by molar-refractivity contribution is 0.589. The molecular weight excluding hydrogens is 322 g/mol. The summed E-state index contributed by atoms with van der Waals surface area (Å²) in [6.07, 6.45) is 2.89. The number of imidazole rings is 1. The van der Waals surface area contributed by atoms with E-state index in [4.69, 9.17) is 0 Å². The minimum Gasteiger partial charge on any atom is -0.279 e. The van der Waals surface area contributed by atoms with Crippen LogP contribution in [0.4, 0.5) is 8.78 Å². The molecule has 0 atom stereocenters. The summed E-state index contributed by atoms with van der Waals surface area (Å²) in [6, 6.07) is 9.90. The molecule has 124 valence electrons. The van der Waals surface area contributed by atoms with Gasteiger partial charge in [0, 0.05) is 17.7 Å². The maximum atomic E-state index is 14.4. The summed E-state index contributed by atoms with van der Waals surface area (Å²) < 4.78 is 29.4. The van der Waals surface area contributed by atoms with Crippen molar-refractivity contribution in [1.29, 1.82) is 0 Å². The third kappa shape index (κ3) is 2.46. The number of hydrogen-bond acceptors (Lipinski definition) is 3. The quantitative estimate of drug-likeness (QED) is 0.546. The molecule has 0 amide bonds. The molecule has 4 rings (SSSR count). The van der Waals surface area contributed by atoms with Gasteiger partial charge in [0.2, 0.25) is 0 Å². The monoisotopic (exact) mass is 336 g/mol. The largest absolute Gasteiger partial charge is 0.279 e. The van der Waals surface area contributed by atoms with Gasteiger partial charge in [0.05, 0.1) is 11.2 Å². The van der Waals surface area contributed by atoms with E-state index in [1.807, 2.05) is 38.1 Å². The van der Waals surface area contributed by atoms with E-state index in [0.717, 1.165) is 28.5 Å². The van der Waals surface area contributed by atoms with Crippen LogP contribution in [0.3, 0.4) is 0 Å². The van der Waals surface area contributed by atoms with E-state index >= 15 is 0 Å². The van der Waals surface area contributed by atoms with Crippen LogP contribution < -0.4 is 0 Å². The lowest BCUT2D eigenvalue weighted by Crippen LogP contribution is -2.04. The van der Waals surface area contributed by atoms with Crippen molar-refractivity contribution in [2.24, 2.45) is 0 Å². The summed E-state index contributed by atoms with van der Waals surface area (Å²) in [4.78, 5) is 12.8. The van der Waals surface area contributed by atoms with E-state index in [1.54, 1.807) is 4.57 Å². The highest BCUT2D eigenvalue weighted by molar-refractivity contribution is 5.82. The number of aryl methyl sites for hydroxylation is 2. The number of hydrogen-bond donors (Lipinski definition) is 0. The van der Waals surface area contributed by atoms with Gasteiger partial charge in [-0.1, -0.05) is 24.3 Å². The van der Waals surface area contributed by atoms with Crippen molar-refractivity contribution in [2.45, 2.75) is 13.8 Å². The van der Waals surface area contributed by atoms with Crippen LogP contribution in [0.15, 0.2) is 49.1 Å². The Morgan fingerprint density at radius 3 is 2.56 bits per heavy atom. The predicted molar refractivity (Wildman–Crippen MR) is 91.5 cm³/mol. The molecule has 0 N–H and O–H groups in total. The van der Waals surface area contributed by atoms with Gasteiger partial charge in [-0.25, -0.2) is 23.7 Å². The Hall–Kier alpha value is -3.15. The summed E-state index contributed by atoms with van der Waals surface area (Å²) in [5.74, 6) is -0.831. The first-order valence-corrected chi connectivity index (χ1v) is 7.76. The molecular formula is C19H14F2N4. The SMILES string of the molecule is Cc1ccccc1-c1c(C)ncnc1-n1cnc2cc(F)cc(F)c21. The second kappa shape index (κ2) is 5.73. The number of rotatable bonds is 2. The minimum atomic E-state index is -0.681. The number of aromatic nitrogens is 4. The summed E-state index contributed by atoms with van der Waals surface area (Å²) in [5, 5.41) is 0. The molecule has 0 aliphatic heterocycles. The van der Waals surface area contributed by atoms with Gasteiger partial charge < -0.3 is 0 Å². The number of benzene rings is 2. The molecule has 0 unspecified atom stereocenters. The molecule has 4 aromatic rings. The molecule has 2 aromatic heterocycles. The molecule has 0 saturated heterocycles. The van der Waals surface area contributed by atoms with Crippen LogP contribution in [0, 0.1) is 25.5 Å². The Kier molecular flexibility index (Phi) is 3.53. The van der Waals surface area contributed by atoms with Crippen molar-refractivity contribution in [2.75, 3.05) is 0 Å². The van der Waals surface area contributed by atoms with E-state index in [0.29, 0.717) is 5.82 Å². The first-order chi connectivity index (χ1) is 12.1. The zero-order chi connectivity index (χ0) is 17.6. The third-order valence-electron chi connectivity index (χ3n) is 4.22. The van der Waals surface area contributed by atoms with Gasteiger partial charge in [-0.05, 0) is 25.0 Å². The first-order valence-electron chi connectivity index (χ1n) is 7.76. The summed E-state index contributed by atoms with van der Waals surface area (Å²) >= 11 is 0. The maximum Gasteiger partial charge on any atom is 0.152 e. The number of nitrogens with zero attached hydrogens (tertiary/aromatic N) is 4. The van der Waals surface area contributed by atoms with E-state index in [9.17, 15) is 8.78 Å². The van der Waals surface area contributed by atoms with Crippen LogP contribution in [-0.4, -0.2) is 19.5 Å². The average molecular weight is 336 g/mol. The molecule has 0 saturated carbocycles. The van der Waals surface area contributed by atoms with Crippen molar-refractivity contribution in [3.8, 4) is 16.9 Å². The summed E-state index contributed by atoms with van der Waals surface area (Å²) in [6.45, 7) is 3.87. The first kappa shape index (κ1) is 15.4. The zero-order valence-corrected chi connectivity index (χ0v) is 13.7. The fourth-order valence-electron chi connectivity index (χ4n) is 3.04. The Morgan fingerprint density at radius 1 is 0.960 bits per heavy atom. The predicted octanol–water partition coefficient (Wildman–Crippen LogP) is 4.38. The van der Waals surface area contributed by atoms with E-state index in [2.05, 4.69) is 15.0 Å². The molecule has 0 fully saturated rings. The topological polar surface area (TPSA) is 43.6 Å². The van der Waals surface area contributed by atoms with Crippen molar-refractivity contribution in [3.05, 3.63) is 71.9 Å². The summed E-state index contributed by atoms with van der Waals surface area (Å²) in [7, 11) is 0. The molecule has 2 aromatic carbocycles. The van der Waals surface area contributed by atoms with Gasteiger partial charge in [-0.2, -0.15) is 0 Å². The van der Waals surface area contributed by atoms with E-state index in [1.165, 1.54) is 18.7 Å². The highest BCUT2D eigenvalue weighted by Crippen LogP contribution is 2.32. The smallest absolute Gasteiger partial charge is 0.152 e. The van der Waals surface area contributed by atoms with Gasteiger partial charge in [0.15, 0.2) is 5.82 Å². The van der Waals surface area contributed by atoms with Gasteiger partial charge in [-0.3, -0.25) is 4.57 Å². The minimum absolute atomic E-state index is 0.189. The molecule has 0 spiro atoms. The second-order valence-corrected chi connectivity index (χ2v) is 5.84. The van der Waals surface area contributed by atoms with Crippen LogP contribution in [0.2, 0.25) is 0 Å². The zero-order valence-electron chi connectivity index (χ0n) is 13.7. The van der Waals surface area contributed by atoms with E-state index < -0.39 is 11.6 Å². The van der Waals surface area contributed by atoms with Gasteiger partial charge in [0.1, 0.15) is 29.8 Å². The van der Waals surface area contributed by atoms with Crippen molar-refractivity contribution >= 4 is 11.0 Å². The summed E-state index contributed by atoms with van der Waals surface area (Å²) in [5.41, 5.74) is 4.00. The Labute approximate surface area is 142 Å². The highest BCUT2D eigenvalue weighted by atomic mass is 19.1. The standard InChI is InChI=1S/C19H14F2N4/c1-11-5-3-4-6-14(11)17-12(2)22-9-23-19(17)25-10-24-16-8-13(20)7-15(21)18(16)25/h3-10H,1-2H3. The van der Waals surface area contributed by atoms with Crippen LogP contribution in [0.5, 0.6) is 0 Å². The molecule has 0 bridgehead atoms. The molecule has 25 heavy (non-hydrogen) atoms. The van der Waals surface area contributed by atoms with Crippen LogP contribution in [0.25, 0.3) is 28.0 Å². The van der Waals surface area contributed by atoms with Crippen LogP contribution in [-0.2, 0) is 0 Å². The van der Waals surface area contributed by atoms with E-state index in [-0.39, 0.29) is 11.0 Å². The van der Waals surface area contributed by atoms with Crippen molar-refractivity contribution < 1.29 is 8.78 Å². The number of halogens is 2. The fraction of sp³-hybridized carbons (Fsp3) is 0.105. The van der Waals surface area contributed by atoms with Crippen LogP contribution in [0.1, 0.15) is 11.3 Å².